The fourth-order valence-electron chi connectivity index (χ4n) is 2.29. The number of methoxy groups -OCH3 is 4. The van der Waals surface area contributed by atoms with Gasteiger partial charge in [-0.3, -0.25) is 0 Å². The lowest BCUT2D eigenvalue weighted by Crippen LogP contribution is -2.14. The minimum Gasteiger partial charge on any atom is -0.497 e. The molecule has 0 radical (unpaired) electrons. The molecule has 0 saturated carbocycles. The van der Waals surface area contributed by atoms with Gasteiger partial charge in [-0.15, -0.1) is 0 Å². The van der Waals surface area contributed by atoms with Gasteiger partial charge in [-0.1, -0.05) is 0 Å². The molecule has 0 heterocycles. The third kappa shape index (κ3) is 6.41. The van der Waals surface area contributed by atoms with Gasteiger partial charge >= 0.3 is 0 Å². The molecule has 0 aliphatic carbocycles. The van der Waals surface area contributed by atoms with Gasteiger partial charge in [0.05, 0.1) is 52.4 Å². The second-order valence-corrected chi connectivity index (χ2v) is 6.39. The molecule has 2 rings (SSSR count). The molecular weight excluding hydrogens is 356 g/mol. The predicted molar refractivity (Wildman–Crippen MR) is 107 cm³/mol. The highest BCUT2D eigenvalue weighted by Crippen LogP contribution is 2.30. The molecule has 28 heavy (non-hydrogen) atoms. The van der Waals surface area contributed by atoms with Gasteiger partial charge < -0.3 is 18.9 Å². The third-order valence-electron chi connectivity index (χ3n) is 4.05. The average molecular weight is 382 g/mol. The molecule has 6 heteroatoms. The van der Waals surface area contributed by atoms with Crippen LogP contribution in [0.5, 0.6) is 23.0 Å². The first-order chi connectivity index (χ1) is 13.3. The van der Waals surface area contributed by atoms with E-state index in [1.807, 2.05) is 38.1 Å². The first-order valence-corrected chi connectivity index (χ1v) is 8.57. The predicted octanol–water partition coefficient (Wildman–Crippen LogP) is 4.27. The molecule has 0 aliphatic rings. The molecule has 0 unspecified atom stereocenters. The van der Waals surface area contributed by atoms with Crippen molar-refractivity contribution in [1.29, 1.82) is 10.5 Å². The number of hydrogen-bond acceptors (Lipinski definition) is 6. The topological polar surface area (TPSA) is 84.5 Å². The Labute approximate surface area is 166 Å². The van der Waals surface area contributed by atoms with Crippen molar-refractivity contribution in [2.24, 2.45) is 0 Å². The summed E-state index contributed by atoms with van der Waals surface area (Å²) in [6.07, 6.45) is 0.369. The number of ether oxygens (including phenoxy) is 4. The monoisotopic (exact) mass is 382 g/mol. The Morgan fingerprint density at radius 3 is 1.43 bits per heavy atom. The second kappa shape index (κ2) is 10.7. The highest BCUT2D eigenvalue weighted by Gasteiger charge is 2.21. The summed E-state index contributed by atoms with van der Waals surface area (Å²) < 4.78 is 20.4. The van der Waals surface area contributed by atoms with Crippen LogP contribution in [-0.2, 0) is 11.8 Å². The maximum Gasteiger partial charge on any atom is 0.122 e. The van der Waals surface area contributed by atoms with Gasteiger partial charge in [-0.25, -0.2) is 0 Å². The number of hydrogen-bond donors (Lipinski definition) is 0. The van der Waals surface area contributed by atoms with Gasteiger partial charge in [0.1, 0.15) is 23.0 Å². The standard InChI is InChI=1S/C12H15NO2.C10H11NO2/c1-12(2,8-13)9-5-10(14-3)7-11(6-9)15-4;1-12-9-5-8(3-4-11)6-10(7-9)13-2/h5-7H,1-4H3;5-7H,3H2,1-2H3. The number of nitriles is 2. The summed E-state index contributed by atoms with van der Waals surface area (Å²) in [5.41, 5.74) is 1.25. The van der Waals surface area contributed by atoms with Crippen molar-refractivity contribution in [1.82, 2.24) is 0 Å². The molecule has 0 spiro atoms. The molecule has 0 atom stereocenters. The lowest BCUT2D eigenvalue weighted by molar-refractivity contribution is 0.392. The lowest BCUT2D eigenvalue weighted by Gasteiger charge is -2.17. The molecule has 0 fully saturated rings. The first kappa shape index (κ1) is 22.7. The zero-order valence-corrected chi connectivity index (χ0v) is 17.2. The normalized spacial score (nSPS) is 9.86. The van der Waals surface area contributed by atoms with Crippen molar-refractivity contribution in [2.45, 2.75) is 25.7 Å². The van der Waals surface area contributed by atoms with Crippen LogP contribution in [0.15, 0.2) is 36.4 Å². The van der Waals surface area contributed by atoms with Crippen LogP contribution in [0, 0.1) is 22.7 Å². The van der Waals surface area contributed by atoms with Crippen LogP contribution in [0.1, 0.15) is 25.0 Å². The van der Waals surface area contributed by atoms with E-state index in [1.165, 1.54) is 0 Å². The lowest BCUT2D eigenvalue weighted by atomic mass is 9.86. The molecule has 2 aromatic rings. The Morgan fingerprint density at radius 2 is 1.11 bits per heavy atom. The van der Waals surface area contributed by atoms with Crippen molar-refractivity contribution >= 4 is 0 Å². The van der Waals surface area contributed by atoms with E-state index < -0.39 is 5.41 Å². The summed E-state index contributed by atoms with van der Waals surface area (Å²) in [5.74, 6) is 2.83. The summed E-state index contributed by atoms with van der Waals surface area (Å²) in [5, 5.41) is 17.6. The molecule has 6 nitrogen and oxygen atoms in total. The summed E-state index contributed by atoms with van der Waals surface area (Å²) in [6.45, 7) is 3.72. The van der Waals surface area contributed by atoms with Gasteiger partial charge in [-0.05, 0) is 49.2 Å². The molecule has 2 aromatic carbocycles. The van der Waals surface area contributed by atoms with Crippen LogP contribution >= 0.6 is 0 Å². The van der Waals surface area contributed by atoms with E-state index >= 15 is 0 Å². The maximum absolute atomic E-state index is 9.04. The highest BCUT2D eigenvalue weighted by atomic mass is 16.5. The van der Waals surface area contributed by atoms with Crippen LogP contribution in [0.25, 0.3) is 0 Å². The molecule has 148 valence electrons. The summed E-state index contributed by atoms with van der Waals surface area (Å²) >= 11 is 0. The van der Waals surface area contributed by atoms with Crippen LogP contribution in [0.3, 0.4) is 0 Å². The van der Waals surface area contributed by atoms with Crippen molar-refractivity contribution in [3.63, 3.8) is 0 Å². The third-order valence-corrected chi connectivity index (χ3v) is 4.05. The number of rotatable bonds is 6. The van der Waals surface area contributed by atoms with E-state index in [-0.39, 0.29) is 0 Å². The summed E-state index contributed by atoms with van der Waals surface area (Å²) in [6, 6.07) is 15.2. The van der Waals surface area contributed by atoms with Crippen molar-refractivity contribution in [2.75, 3.05) is 28.4 Å². The zero-order chi connectivity index (χ0) is 21.2. The van der Waals surface area contributed by atoms with Crippen LogP contribution in [-0.4, -0.2) is 28.4 Å². The van der Waals surface area contributed by atoms with Gasteiger partial charge in [0.15, 0.2) is 0 Å². The molecule has 0 saturated heterocycles. The number of nitrogens with zero attached hydrogens (tertiary/aromatic N) is 2. The van der Waals surface area contributed by atoms with Crippen LogP contribution < -0.4 is 18.9 Å². The Morgan fingerprint density at radius 1 is 0.714 bits per heavy atom. The van der Waals surface area contributed by atoms with Crippen LogP contribution in [0.2, 0.25) is 0 Å². The summed E-state index contributed by atoms with van der Waals surface area (Å²) in [4.78, 5) is 0. The largest absolute Gasteiger partial charge is 0.497 e. The van der Waals surface area contributed by atoms with E-state index in [4.69, 9.17) is 29.5 Å². The van der Waals surface area contributed by atoms with E-state index in [9.17, 15) is 0 Å². The second-order valence-electron chi connectivity index (χ2n) is 6.39. The minimum absolute atomic E-state index is 0.369. The van der Waals surface area contributed by atoms with Crippen molar-refractivity contribution < 1.29 is 18.9 Å². The first-order valence-electron chi connectivity index (χ1n) is 8.57. The highest BCUT2D eigenvalue weighted by molar-refractivity contribution is 5.43. The van der Waals surface area contributed by atoms with Gasteiger partial charge in [0, 0.05) is 12.1 Å². The molecule has 0 bridgehead atoms. The Balaban J connectivity index is 0.000000283. The molecule has 0 amide bonds. The Kier molecular flexibility index (Phi) is 8.65. The van der Waals surface area contributed by atoms with Gasteiger partial charge in [0.25, 0.3) is 0 Å². The van der Waals surface area contributed by atoms with E-state index in [2.05, 4.69) is 12.1 Å². The molecular formula is C22H26N2O4. The van der Waals surface area contributed by atoms with E-state index in [1.54, 1.807) is 40.6 Å². The SMILES string of the molecule is COc1cc(CC#N)cc(OC)c1.COc1cc(OC)cc(C(C)(C)C#N)c1. The quantitative estimate of drug-likeness (QED) is 0.741. The number of benzene rings is 2. The van der Waals surface area contributed by atoms with Gasteiger partial charge in [-0.2, -0.15) is 10.5 Å². The average Bonchev–Trinajstić information content (AvgIpc) is 2.73. The fourth-order valence-corrected chi connectivity index (χ4v) is 2.29. The van der Waals surface area contributed by atoms with Crippen molar-refractivity contribution in [3.05, 3.63) is 47.5 Å². The zero-order valence-electron chi connectivity index (χ0n) is 17.2. The smallest absolute Gasteiger partial charge is 0.122 e. The van der Waals surface area contributed by atoms with Gasteiger partial charge in [0.2, 0.25) is 0 Å². The Bertz CT molecular complexity index is 819. The van der Waals surface area contributed by atoms with E-state index in [0.717, 1.165) is 11.1 Å². The summed E-state index contributed by atoms with van der Waals surface area (Å²) in [7, 11) is 6.37. The minimum atomic E-state index is -0.540. The molecule has 0 aromatic heterocycles. The van der Waals surface area contributed by atoms with Crippen LogP contribution in [0.4, 0.5) is 0 Å². The van der Waals surface area contributed by atoms with E-state index in [0.29, 0.717) is 29.4 Å². The fraction of sp³-hybridized carbons (Fsp3) is 0.364. The Hall–Kier alpha value is -3.38. The van der Waals surface area contributed by atoms with Crippen molar-refractivity contribution in [3.8, 4) is 35.1 Å². The maximum atomic E-state index is 9.04. The molecule has 0 N–H and O–H groups in total. The molecule has 0 aliphatic heterocycles.